The largest absolute Gasteiger partial charge is 0.460 e. The molecular weight excluding hydrogens is 412 g/mol. The van der Waals surface area contributed by atoms with E-state index in [1.54, 1.807) is 0 Å². The van der Waals surface area contributed by atoms with E-state index in [9.17, 15) is 9.59 Å². The zero-order chi connectivity index (χ0) is 24.9. The van der Waals surface area contributed by atoms with Crippen LogP contribution in [0.1, 0.15) is 90.5 Å². The molecule has 2 rings (SSSR count). The lowest BCUT2D eigenvalue weighted by Crippen LogP contribution is -2.41. The van der Waals surface area contributed by atoms with E-state index >= 15 is 0 Å². The maximum atomic E-state index is 13.0. The van der Waals surface area contributed by atoms with E-state index in [2.05, 4.69) is 65.8 Å². The summed E-state index contributed by atoms with van der Waals surface area (Å²) in [6, 6.07) is 16.1. The van der Waals surface area contributed by atoms with Gasteiger partial charge in [0.25, 0.3) is 0 Å². The lowest BCUT2D eigenvalue weighted by atomic mass is 9.82. The standard InChI is InChI=1S/C29H40O4/c1-9-29(10-2,25(30)32-19-21-11-15-23(16-12-21)27(3,4)5)26(31)33-20-22-13-17-24(18-14-22)28(6,7)8/h11-18H,9-10,19-20H2,1-8H3. The van der Waals surface area contributed by atoms with Crippen molar-refractivity contribution in [2.75, 3.05) is 0 Å². The number of hydrogen-bond donors (Lipinski definition) is 0. The Morgan fingerprint density at radius 3 is 1.15 bits per heavy atom. The van der Waals surface area contributed by atoms with Crippen LogP contribution < -0.4 is 0 Å². The predicted octanol–water partition coefficient (Wildman–Crippen LogP) is 6.87. The van der Waals surface area contributed by atoms with E-state index in [1.165, 1.54) is 11.1 Å². The number of carbonyl (C=O) groups excluding carboxylic acids is 2. The molecule has 0 saturated carbocycles. The quantitative estimate of drug-likeness (QED) is 0.324. The number of benzene rings is 2. The van der Waals surface area contributed by atoms with Crippen molar-refractivity contribution in [1.29, 1.82) is 0 Å². The first-order valence-corrected chi connectivity index (χ1v) is 11.9. The molecule has 0 fully saturated rings. The van der Waals surface area contributed by atoms with Crippen molar-refractivity contribution in [3.05, 3.63) is 70.8 Å². The van der Waals surface area contributed by atoms with E-state index in [1.807, 2.05) is 38.1 Å². The van der Waals surface area contributed by atoms with Crippen LogP contribution in [0.4, 0.5) is 0 Å². The molecule has 4 nitrogen and oxygen atoms in total. The van der Waals surface area contributed by atoms with E-state index in [-0.39, 0.29) is 24.0 Å². The van der Waals surface area contributed by atoms with Crippen LogP contribution in [0.5, 0.6) is 0 Å². The van der Waals surface area contributed by atoms with Gasteiger partial charge in [0.2, 0.25) is 0 Å². The molecule has 0 spiro atoms. The second kappa shape index (κ2) is 10.5. The van der Waals surface area contributed by atoms with Gasteiger partial charge in [-0.05, 0) is 45.9 Å². The van der Waals surface area contributed by atoms with Crippen molar-refractivity contribution in [3.8, 4) is 0 Å². The highest BCUT2D eigenvalue weighted by atomic mass is 16.6. The smallest absolute Gasteiger partial charge is 0.323 e. The van der Waals surface area contributed by atoms with Gasteiger partial charge in [-0.25, -0.2) is 0 Å². The van der Waals surface area contributed by atoms with Crippen molar-refractivity contribution < 1.29 is 19.1 Å². The molecule has 2 aromatic carbocycles. The molecule has 0 amide bonds. The van der Waals surface area contributed by atoms with Crippen LogP contribution in [0.25, 0.3) is 0 Å². The fraction of sp³-hybridized carbons (Fsp3) is 0.517. The highest BCUT2D eigenvalue weighted by Gasteiger charge is 2.46. The van der Waals surface area contributed by atoms with Crippen LogP contribution in [-0.2, 0) is 43.1 Å². The van der Waals surface area contributed by atoms with Gasteiger partial charge in [0.1, 0.15) is 13.2 Å². The molecule has 0 saturated heterocycles. The number of hydrogen-bond acceptors (Lipinski definition) is 4. The molecular formula is C29H40O4. The Morgan fingerprint density at radius 1 is 0.606 bits per heavy atom. The first-order valence-electron chi connectivity index (χ1n) is 11.9. The number of ether oxygens (including phenoxy) is 2. The minimum absolute atomic E-state index is 0.0611. The Hall–Kier alpha value is -2.62. The Labute approximate surface area is 199 Å². The molecule has 0 N–H and O–H groups in total. The summed E-state index contributed by atoms with van der Waals surface area (Å²) in [6.45, 7) is 16.8. The first kappa shape index (κ1) is 26.6. The molecule has 180 valence electrons. The van der Waals surface area contributed by atoms with Gasteiger partial charge in [-0.2, -0.15) is 0 Å². The van der Waals surface area contributed by atoms with Gasteiger partial charge in [0.05, 0.1) is 0 Å². The van der Waals surface area contributed by atoms with E-state index in [0.29, 0.717) is 12.8 Å². The molecule has 33 heavy (non-hydrogen) atoms. The number of esters is 2. The topological polar surface area (TPSA) is 52.6 Å². The molecule has 0 aliphatic heterocycles. The molecule has 4 heteroatoms. The maximum Gasteiger partial charge on any atom is 0.323 e. The fourth-order valence-electron chi connectivity index (χ4n) is 3.69. The summed E-state index contributed by atoms with van der Waals surface area (Å²) < 4.78 is 11.2. The van der Waals surface area contributed by atoms with Gasteiger partial charge in [0, 0.05) is 0 Å². The second-order valence-corrected chi connectivity index (χ2v) is 10.8. The Kier molecular flexibility index (Phi) is 8.51. The highest BCUT2D eigenvalue weighted by Crippen LogP contribution is 2.31. The van der Waals surface area contributed by atoms with Crippen LogP contribution in [0.3, 0.4) is 0 Å². The third kappa shape index (κ3) is 6.69. The molecule has 0 unspecified atom stereocenters. The lowest BCUT2D eigenvalue weighted by Gasteiger charge is -2.27. The molecule has 0 aliphatic carbocycles. The minimum atomic E-state index is -1.29. The Bertz CT molecular complexity index is 846. The average molecular weight is 453 g/mol. The molecule has 0 heterocycles. The van der Waals surface area contributed by atoms with Crippen LogP contribution in [0.2, 0.25) is 0 Å². The number of rotatable bonds is 8. The van der Waals surface area contributed by atoms with Crippen LogP contribution >= 0.6 is 0 Å². The van der Waals surface area contributed by atoms with Crippen molar-refractivity contribution in [2.45, 2.75) is 92.3 Å². The third-order valence-electron chi connectivity index (χ3n) is 6.37. The molecule has 0 bridgehead atoms. The van der Waals surface area contributed by atoms with Crippen molar-refractivity contribution in [2.24, 2.45) is 5.41 Å². The van der Waals surface area contributed by atoms with Crippen molar-refractivity contribution in [3.63, 3.8) is 0 Å². The Balaban J connectivity index is 2.03. The monoisotopic (exact) mass is 452 g/mol. The molecule has 0 atom stereocenters. The fourth-order valence-corrected chi connectivity index (χ4v) is 3.69. The zero-order valence-corrected chi connectivity index (χ0v) is 21.6. The van der Waals surface area contributed by atoms with Crippen molar-refractivity contribution in [1.82, 2.24) is 0 Å². The average Bonchev–Trinajstić information content (AvgIpc) is 2.76. The normalized spacial score (nSPS) is 12.4. The van der Waals surface area contributed by atoms with Crippen LogP contribution in [0.15, 0.2) is 48.5 Å². The molecule has 2 aromatic rings. The maximum absolute atomic E-state index is 13.0. The molecule has 0 aliphatic rings. The summed E-state index contributed by atoms with van der Waals surface area (Å²) >= 11 is 0. The van der Waals surface area contributed by atoms with Crippen molar-refractivity contribution >= 4 is 11.9 Å². The second-order valence-electron chi connectivity index (χ2n) is 10.8. The first-order chi connectivity index (χ1) is 15.3. The predicted molar refractivity (Wildman–Crippen MR) is 133 cm³/mol. The summed E-state index contributed by atoms with van der Waals surface area (Å²) in [5.41, 5.74) is 3.05. The van der Waals surface area contributed by atoms with Gasteiger partial charge >= 0.3 is 11.9 Å². The van der Waals surface area contributed by atoms with Crippen LogP contribution in [0, 0.1) is 5.41 Å². The van der Waals surface area contributed by atoms with Crippen LogP contribution in [-0.4, -0.2) is 11.9 Å². The lowest BCUT2D eigenvalue weighted by molar-refractivity contribution is -0.175. The highest BCUT2D eigenvalue weighted by molar-refractivity contribution is 6.00. The van der Waals surface area contributed by atoms with E-state index in [4.69, 9.17) is 9.47 Å². The minimum Gasteiger partial charge on any atom is -0.460 e. The third-order valence-corrected chi connectivity index (χ3v) is 6.37. The van der Waals surface area contributed by atoms with E-state index < -0.39 is 17.4 Å². The molecule has 0 radical (unpaired) electrons. The summed E-state index contributed by atoms with van der Waals surface area (Å²) in [6.07, 6.45) is 0.653. The van der Waals surface area contributed by atoms with Gasteiger partial charge in [0.15, 0.2) is 5.41 Å². The molecule has 0 aromatic heterocycles. The summed E-state index contributed by atoms with van der Waals surface area (Å²) in [5, 5.41) is 0. The van der Waals surface area contributed by atoms with Gasteiger partial charge < -0.3 is 9.47 Å². The zero-order valence-electron chi connectivity index (χ0n) is 21.6. The SMILES string of the molecule is CCC(CC)(C(=O)OCc1ccc(C(C)(C)C)cc1)C(=O)OCc1ccc(C(C)(C)C)cc1. The summed E-state index contributed by atoms with van der Waals surface area (Å²) in [7, 11) is 0. The van der Waals surface area contributed by atoms with E-state index in [0.717, 1.165) is 11.1 Å². The Morgan fingerprint density at radius 2 is 0.909 bits per heavy atom. The van der Waals surface area contributed by atoms with Gasteiger partial charge in [-0.1, -0.05) is 104 Å². The van der Waals surface area contributed by atoms with Gasteiger partial charge in [-0.15, -0.1) is 0 Å². The van der Waals surface area contributed by atoms with Gasteiger partial charge in [-0.3, -0.25) is 9.59 Å². The summed E-state index contributed by atoms with van der Waals surface area (Å²) in [4.78, 5) is 26.0. The summed E-state index contributed by atoms with van der Waals surface area (Å²) in [5.74, 6) is -1.05. The number of carbonyl (C=O) groups is 2.